The number of allylic oxidation sites excluding steroid dienone is 6. The highest BCUT2D eigenvalue weighted by Gasteiger charge is 2.39. The molecule has 0 amide bonds. The van der Waals surface area contributed by atoms with E-state index in [1.54, 1.807) is 0 Å². The number of carbonyl (C=O) groups excluding carboxylic acids is 1. The second kappa shape index (κ2) is 30.3. The van der Waals surface area contributed by atoms with Crippen molar-refractivity contribution < 1.29 is 32.2 Å². The number of rotatable bonds is 17. The molecule has 0 saturated carbocycles. The quantitative estimate of drug-likeness (QED) is 0.0702. The van der Waals surface area contributed by atoms with E-state index in [2.05, 4.69) is 91.8 Å². The highest BCUT2D eigenvalue weighted by Crippen LogP contribution is 2.31. The zero-order chi connectivity index (χ0) is 39.3. The Labute approximate surface area is 305 Å². The molecule has 1 rings (SSSR count). The minimum Gasteiger partial charge on any atom is -0.469 e. The van der Waals surface area contributed by atoms with Crippen LogP contribution in [0.3, 0.4) is 0 Å². The Balaban J connectivity index is -0.000000591. The summed E-state index contributed by atoms with van der Waals surface area (Å²) in [6.07, 6.45) is 16.1. The van der Waals surface area contributed by atoms with Crippen molar-refractivity contribution in [3.63, 3.8) is 0 Å². The van der Waals surface area contributed by atoms with Gasteiger partial charge >= 0.3 is 12.1 Å². The molecule has 1 N–H and O–H groups in total. The molecular formula is C41H75F3N2O4. The van der Waals surface area contributed by atoms with E-state index in [0.717, 1.165) is 50.9 Å². The molecule has 0 aliphatic carbocycles. The predicted molar refractivity (Wildman–Crippen MR) is 207 cm³/mol. The van der Waals surface area contributed by atoms with Gasteiger partial charge in [0.25, 0.3) is 0 Å². The summed E-state index contributed by atoms with van der Waals surface area (Å²) in [6, 6.07) is 0. The van der Waals surface area contributed by atoms with Gasteiger partial charge in [-0.05, 0) is 78.6 Å². The second-order valence-electron chi connectivity index (χ2n) is 13.4. The summed E-state index contributed by atoms with van der Waals surface area (Å²) in [5, 5.41) is 2.00. The van der Waals surface area contributed by atoms with Crippen LogP contribution in [-0.4, -0.2) is 50.1 Å². The third-order valence-corrected chi connectivity index (χ3v) is 8.05. The molecule has 0 radical (unpaired) electrons. The number of nitrogens with zero attached hydrogens (tertiary/aromatic N) is 1. The molecular weight excluding hydrogens is 641 g/mol. The first-order valence-electron chi connectivity index (χ1n) is 18.7. The normalized spacial score (nSPS) is 18.4. The van der Waals surface area contributed by atoms with Crippen molar-refractivity contribution in [1.29, 1.82) is 0 Å². The maximum absolute atomic E-state index is 11.7. The summed E-state index contributed by atoms with van der Waals surface area (Å²) < 4.78 is 51.5. The number of alkyl halides is 3. The number of unbranched alkanes of at least 4 members (excludes halogenated alkanes) is 1. The van der Waals surface area contributed by atoms with Gasteiger partial charge in [0.1, 0.15) is 5.70 Å². The number of aliphatic imine (C=N–C) groups is 1. The minimum atomic E-state index is -4.40. The molecule has 1 heterocycles. The molecule has 9 heteroatoms. The number of carbonyl (C=O) groups is 1. The Morgan fingerprint density at radius 1 is 0.940 bits per heavy atom. The lowest BCUT2D eigenvalue weighted by molar-refractivity contribution is -0.147. The van der Waals surface area contributed by atoms with Crippen molar-refractivity contribution in [2.75, 3.05) is 14.2 Å². The number of esters is 1. The van der Waals surface area contributed by atoms with Crippen molar-refractivity contribution in [2.24, 2.45) is 16.8 Å². The Kier molecular flexibility index (Phi) is 31.5. The van der Waals surface area contributed by atoms with Gasteiger partial charge in [-0.25, -0.2) is 0 Å². The van der Waals surface area contributed by atoms with E-state index in [4.69, 9.17) is 14.2 Å². The summed E-state index contributed by atoms with van der Waals surface area (Å²) in [7, 11) is 2.88. The predicted octanol–water partition coefficient (Wildman–Crippen LogP) is 12.5. The van der Waals surface area contributed by atoms with Gasteiger partial charge in [-0.3, -0.25) is 9.79 Å². The van der Waals surface area contributed by atoms with Crippen molar-refractivity contribution in [2.45, 2.75) is 177 Å². The number of hydrogen-bond acceptors (Lipinski definition) is 5. The molecule has 1 aliphatic rings. The lowest BCUT2D eigenvalue weighted by Gasteiger charge is -2.16. The van der Waals surface area contributed by atoms with Crippen LogP contribution in [0.5, 0.6) is 0 Å². The molecule has 6 nitrogen and oxygen atoms in total. The molecule has 50 heavy (non-hydrogen) atoms. The molecule has 4 unspecified atom stereocenters. The molecule has 0 spiro atoms. The fourth-order valence-electron chi connectivity index (χ4n) is 4.81. The molecule has 0 bridgehead atoms. The summed E-state index contributed by atoms with van der Waals surface area (Å²) in [5.41, 5.74) is 1.58. The van der Waals surface area contributed by atoms with Gasteiger partial charge in [0, 0.05) is 7.05 Å². The zero-order valence-electron chi connectivity index (χ0n) is 34.2. The van der Waals surface area contributed by atoms with Crippen LogP contribution in [0.4, 0.5) is 13.2 Å². The van der Waals surface area contributed by atoms with Crippen LogP contribution >= 0.6 is 0 Å². The average molecular weight is 717 g/mol. The maximum Gasteiger partial charge on any atom is 0.430 e. The monoisotopic (exact) mass is 717 g/mol. The van der Waals surface area contributed by atoms with Crippen LogP contribution in [0.25, 0.3) is 0 Å². The third-order valence-electron chi connectivity index (χ3n) is 8.05. The van der Waals surface area contributed by atoms with Crippen LogP contribution in [0.1, 0.15) is 153 Å². The molecule has 4 atom stereocenters. The highest BCUT2D eigenvalue weighted by molar-refractivity contribution is 5.81. The zero-order valence-corrected chi connectivity index (χ0v) is 34.2. The number of amidine groups is 1. The molecule has 0 aromatic carbocycles. The van der Waals surface area contributed by atoms with E-state index in [9.17, 15) is 18.0 Å². The first kappa shape index (κ1) is 52.0. The average Bonchev–Trinajstić information content (AvgIpc) is 3.37. The van der Waals surface area contributed by atoms with Gasteiger partial charge in [0.2, 0.25) is 0 Å². The van der Waals surface area contributed by atoms with Crippen molar-refractivity contribution in [3.8, 4) is 0 Å². The van der Waals surface area contributed by atoms with E-state index in [1.807, 2.05) is 19.2 Å². The highest BCUT2D eigenvalue weighted by atomic mass is 19.4. The topological polar surface area (TPSA) is 69.2 Å². The minimum absolute atomic E-state index is 0.0323. The van der Waals surface area contributed by atoms with Crippen LogP contribution in [0.2, 0.25) is 0 Å². The van der Waals surface area contributed by atoms with Crippen molar-refractivity contribution in [1.82, 2.24) is 5.32 Å². The summed E-state index contributed by atoms with van der Waals surface area (Å²) in [4.78, 5) is 14.9. The Hall–Kier alpha value is -2.39. The van der Waals surface area contributed by atoms with Gasteiger partial charge in [0.05, 0.1) is 31.1 Å². The van der Waals surface area contributed by atoms with E-state index in [1.165, 1.54) is 64.3 Å². The lowest BCUT2D eigenvalue weighted by atomic mass is 9.92. The Morgan fingerprint density at radius 2 is 1.54 bits per heavy atom. The summed E-state index contributed by atoms with van der Waals surface area (Å²) in [5.74, 6) is 0.640. The van der Waals surface area contributed by atoms with E-state index in [0.29, 0.717) is 12.2 Å². The maximum atomic E-state index is 11.7. The second-order valence-corrected chi connectivity index (χ2v) is 13.4. The number of halogens is 3. The lowest BCUT2D eigenvalue weighted by Crippen LogP contribution is -2.28. The van der Waals surface area contributed by atoms with Crippen LogP contribution in [0.15, 0.2) is 53.2 Å². The molecule has 0 aromatic heterocycles. The Bertz CT molecular complexity index is 1000. The Morgan fingerprint density at radius 3 is 1.98 bits per heavy atom. The standard InChI is InChI=1S/C13H22.C12H24O2.C10H20O2.C6H9F3N2/c1-5-7-9-13(4)11-10-12(3)8-6-2;1-5-7-11(12(13)14-4)9-8-10(3)6-2;1-5-7-9-8(6-2)11-10(3,4)12-9;1-4(6(7,8)9)11-5(2)10-3/h9-11H,3,5-8H2,1-2,4H3;10-11H,5-9H2,1-4H3;8-9H,5-7H2,1-4H3;1H2,2-3H3,(H,10,11)/b11-10-,13-9-;;;. The summed E-state index contributed by atoms with van der Waals surface area (Å²) >= 11 is 0. The van der Waals surface area contributed by atoms with Crippen molar-refractivity contribution in [3.05, 3.63) is 48.2 Å². The van der Waals surface area contributed by atoms with Gasteiger partial charge in [-0.1, -0.05) is 123 Å². The van der Waals surface area contributed by atoms with E-state index in [-0.39, 0.29) is 23.5 Å². The number of nitrogens with one attached hydrogen (secondary N) is 1. The first-order valence-corrected chi connectivity index (χ1v) is 18.7. The van der Waals surface area contributed by atoms with Gasteiger partial charge in [-0.15, -0.1) is 0 Å². The number of methoxy groups -OCH3 is 1. The molecule has 1 aliphatic heterocycles. The van der Waals surface area contributed by atoms with Crippen LogP contribution < -0.4 is 5.32 Å². The number of ether oxygens (including phenoxy) is 3. The van der Waals surface area contributed by atoms with E-state index >= 15 is 0 Å². The molecule has 1 fully saturated rings. The fraction of sp³-hybridized carbons (Fsp3) is 0.756. The van der Waals surface area contributed by atoms with Crippen LogP contribution in [0, 0.1) is 11.8 Å². The number of hydrogen-bond donors (Lipinski definition) is 1. The third kappa shape index (κ3) is 28.3. The molecule has 294 valence electrons. The summed E-state index contributed by atoms with van der Waals surface area (Å²) in [6.45, 7) is 29.6. The largest absolute Gasteiger partial charge is 0.469 e. The van der Waals surface area contributed by atoms with Gasteiger partial charge in [0.15, 0.2) is 5.79 Å². The SMILES string of the molecule is C=C(/C=C\C(C)=C/CCC)CCC.C=C(NC(C)=NC)C(F)(F)F.CCCC(CCC(C)CC)C(=O)OC.CCCC1OC(C)(C)OC1CC. The first-order chi connectivity index (χ1) is 23.3. The van der Waals surface area contributed by atoms with E-state index < -0.39 is 11.9 Å². The molecule has 1 saturated heterocycles. The van der Waals surface area contributed by atoms with Crippen LogP contribution in [-0.2, 0) is 19.0 Å². The fourth-order valence-corrected chi connectivity index (χ4v) is 4.81. The smallest absolute Gasteiger partial charge is 0.430 e. The van der Waals surface area contributed by atoms with Crippen molar-refractivity contribution >= 4 is 11.8 Å². The van der Waals surface area contributed by atoms with Gasteiger partial charge in [-0.2, -0.15) is 13.2 Å². The molecule has 0 aromatic rings. The van der Waals surface area contributed by atoms with Gasteiger partial charge < -0.3 is 19.5 Å².